The fourth-order valence-electron chi connectivity index (χ4n) is 1.63. The van der Waals surface area contributed by atoms with Gasteiger partial charge in [-0.25, -0.2) is 13.6 Å². The minimum Gasteiger partial charge on any atom is -0.396 e. The molecule has 20 heavy (non-hydrogen) atoms. The molecule has 0 aromatic heterocycles. The molecule has 3 N–H and O–H groups in total. The number of benzene rings is 1. The minimum absolute atomic E-state index is 0.00991. The van der Waals surface area contributed by atoms with Crippen LogP contribution in [-0.2, 0) is 6.42 Å². The number of halogens is 2. The Morgan fingerprint density at radius 1 is 1.25 bits per heavy atom. The second-order valence-corrected chi connectivity index (χ2v) is 4.88. The van der Waals surface area contributed by atoms with E-state index in [1.165, 1.54) is 12.1 Å². The Morgan fingerprint density at radius 2 is 1.85 bits per heavy atom. The number of carbonyl (C=O) groups is 1. The lowest BCUT2D eigenvalue weighted by molar-refractivity contribution is 0.200. The third kappa shape index (κ3) is 5.52. The highest BCUT2D eigenvalue weighted by molar-refractivity contribution is 5.74. The van der Waals surface area contributed by atoms with Crippen LogP contribution in [-0.4, -0.2) is 30.3 Å². The average molecular weight is 286 g/mol. The van der Waals surface area contributed by atoms with Crippen LogP contribution >= 0.6 is 0 Å². The zero-order chi connectivity index (χ0) is 15.1. The third-order valence-corrected chi connectivity index (χ3v) is 3.12. The Hall–Kier alpha value is -1.69. The molecule has 2 amide bonds. The number of hydrogen-bond donors (Lipinski definition) is 3. The Bertz CT molecular complexity index is 435. The van der Waals surface area contributed by atoms with Gasteiger partial charge in [0.15, 0.2) is 0 Å². The molecular weight excluding hydrogens is 266 g/mol. The largest absolute Gasteiger partial charge is 0.396 e. The topological polar surface area (TPSA) is 61.4 Å². The van der Waals surface area contributed by atoms with Crippen molar-refractivity contribution >= 4 is 6.03 Å². The van der Waals surface area contributed by atoms with Crippen LogP contribution < -0.4 is 10.6 Å². The van der Waals surface area contributed by atoms with Gasteiger partial charge in [0.1, 0.15) is 11.6 Å². The van der Waals surface area contributed by atoms with Crippen molar-refractivity contribution in [1.29, 1.82) is 0 Å². The van der Waals surface area contributed by atoms with E-state index < -0.39 is 11.6 Å². The molecule has 0 aliphatic carbocycles. The first kappa shape index (κ1) is 16.4. The molecule has 1 aromatic carbocycles. The molecule has 4 nitrogen and oxygen atoms in total. The van der Waals surface area contributed by atoms with Crippen molar-refractivity contribution in [1.82, 2.24) is 10.6 Å². The number of aliphatic hydroxyl groups is 1. The fraction of sp³-hybridized carbons (Fsp3) is 0.500. The molecule has 0 heterocycles. The van der Waals surface area contributed by atoms with Gasteiger partial charge >= 0.3 is 6.03 Å². The molecule has 1 rings (SSSR count). The van der Waals surface area contributed by atoms with Gasteiger partial charge in [-0.3, -0.25) is 0 Å². The van der Waals surface area contributed by atoms with Crippen molar-refractivity contribution in [2.24, 2.45) is 5.92 Å². The van der Waals surface area contributed by atoms with Crippen LogP contribution in [0.1, 0.15) is 19.4 Å². The minimum atomic E-state index is -0.630. The van der Waals surface area contributed by atoms with Crippen molar-refractivity contribution in [3.63, 3.8) is 0 Å². The van der Waals surface area contributed by atoms with Crippen LogP contribution in [0.2, 0.25) is 0 Å². The van der Waals surface area contributed by atoms with Crippen LogP contribution in [0.4, 0.5) is 13.6 Å². The third-order valence-electron chi connectivity index (χ3n) is 3.12. The quantitative estimate of drug-likeness (QED) is 0.747. The number of rotatable bonds is 6. The van der Waals surface area contributed by atoms with Crippen LogP contribution in [0.3, 0.4) is 0 Å². The van der Waals surface area contributed by atoms with E-state index in [1.54, 1.807) is 6.92 Å². The lowest BCUT2D eigenvalue weighted by atomic mass is 10.1. The van der Waals surface area contributed by atoms with Gasteiger partial charge in [0.2, 0.25) is 0 Å². The van der Waals surface area contributed by atoms with E-state index >= 15 is 0 Å². The van der Waals surface area contributed by atoms with Gasteiger partial charge in [-0.15, -0.1) is 0 Å². The smallest absolute Gasteiger partial charge is 0.315 e. The molecule has 0 bridgehead atoms. The molecule has 0 aliphatic heterocycles. The van der Waals surface area contributed by atoms with Crippen molar-refractivity contribution in [2.45, 2.75) is 26.3 Å². The number of aliphatic hydroxyl groups excluding tert-OH is 1. The second-order valence-electron chi connectivity index (χ2n) is 4.88. The second kappa shape index (κ2) is 7.79. The summed E-state index contributed by atoms with van der Waals surface area (Å²) in [5.41, 5.74) is 0.486. The predicted octanol–water partition coefficient (Wildman–Crippen LogP) is 1.82. The average Bonchev–Trinajstić information content (AvgIpc) is 2.36. The Kier molecular flexibility index (Phi) is 6.38. The number of carbonyl (C=O) groups excluding carboxylic acids is 1. The first-order chi connectivity index (χ1) is 9.42. The summed E-state index contributed by atoms with van der Waals surface area (Å²) < 4.78 is 25.9. The monoisotopic (exact) mass is 286 g/mol. The highest BCUT2D eigenvalue weighted by Gasteiger charge is 2.13. The Morgan fingerprint density at radius 3 is 2.40 bits per heavy atom. The van der Waals surface area contributed by atoms with Crippen LogP contribution in [0.5, 0.6) is 0 Å². The van der Waals surface area contributed by atoms with Crippen LogP contribution in [0.25, 0.3) is 0 Å². The number of urea groups is 1. The summed E-state index contributed by atoms with van der Waals surface area (Å²) >= 11 is 0. The standard InChI is InChI=1S/C14H20F2N2O2/c1-9(8-19)10(2)18-14(20)17-4-3-11-5-12(15)7-13(16)6-11/h5-7,9-10,19H,3-4,8H2,1-2H3,(H2,17,18,20). The van der Waals surface area contributed by atoms with Gasteiger partial charge in [-0.1, -0.05) is 6.92 Å². The maximum Gasteiger partial charge on any atom is 0.315 e. The first-order valence-electron chi connectivity index (χ1n) is 6.52. The molecule has 0 radical (unpaired) electrons. The molecule has 2 unspecified atom stereocenters. The maximum atomic E-state index is 13.0. The van der Waals surface area contributed by atoms with Gasteiger partial charge in [0, 0.05) is 25.3 Å². The van der Waals surface area contributed by atoms with Gasteiger partial charge in [-0.05, 0) is 37.0 Å². The van der Waals surface area contributed by atoms with E-state index in [1.807, 2.05) is 6.92 Å². The maximum absolute atomic E-state index is 13.0. The molecule has 0 saturated carbocycles. The van der Waals surface area contributed by atoms with Crippen molar-refractivity contribution in [3.8, 4) is 0 Å². The summed E-state index contributed by atoms with van der Waals surface area (Å²) in [6, 6.07) is 2.75. The molecule has 112 valence electrons. The van der Waals surface area contributed by atoms with Crippen molar-refractivity contribution in [2.75, 3.05) is 13.2 Å². The summed E-state index contributed by atoms with van der Waals surface area (Å²) in [5.74, 6) is -1.30. The van der Waals surface area contributed by atoms with Crippen LogP contribution in [0.15, 0.2) is 18.2 Å². The van der Waals surface area contributed by atoms with Gasteiger partial charge in [-0.2, -0.15) is 0 Å². The summed E-state index contributed by atoms with van der Waals surface area (Å²) in [7, 11) is 0. The molecule has 2 atom stereocenters. The Balaban J connectivity index is 2.35. The van der Waals surface area contributed by atoms with E-state index in [0.29, 0.717) is 12.0 Å². The molecular formula is C14H20F2N2O2. The van der Waals surface area contributed by atoms with Crippen LogP contribution in [0, 0.1) is 17.6 Å². The van der Waals surface area contributed by atoms with E-state index in [-0.39, 0.29) is 31.1 Å². The normalized spacial score (nSPS) is 13.7. The number of amides is 2. The van der Waals surface area contributed by atoms with E-state index in [4.69, 9.17) is 5.11 Å². The lowest BCUT2D eigenvalue weighted by Crippen LogP contribution is -2.44. The lowest BCUT2D eigenvalue weighted by Gasteiger charge is -2.19. The van der Waals surface area contributed by atoms with E-state index in [9.17, 15) is 13.6 Å². The zero-order valence-corrected chi connectivity index (χ0v) is 11.6. The summed E-state index contributed by atoms with van der Waals surface area (Å²) in [6.45, 7) is 3.88. The highest BCUT2D eigenvalue weighted by Crippen LogP contribution is 2.08. The molecule has 0 spiro atoms. The van der Waals surface area contributed by atoms with Gasteiger partial charge < -0.3 is 15.7 Å². The summed E-state index contributed by atoms with van der Waals surface area (Å²) in [6.07, 6.45) is 0.339. The van der Waals surface area contributed by atoms with Crippen molar-refractivity contribution in [3.05, 3.63) is 35.4 Å². The molecule has 0 fully saturated rings. The van der Waals surface area contributed by atoms with Gasteiger partial charge in [0.05, 0.1) is 0 Å². The molecule has 0 aliphatic rings. The molecule has 0 saturated heterocycles. The first-order valence-corrected chi connectivity index (χ1v) is 6.52. The molecule has 1 aromatic rings. The zero-order valence-electron chi connectivity index (χ0n) is 11.6. The highest BCUT2D eigenvalue weighted by atomic mass is 19.1. The predicted molar refractivity (Wildman–Crippen MR) is 72.3 cm³/mol. The SMILES string of the molecule is CC(CO)C(C)NC(=O)NCCc1cc(F)cc(F)c1. The summed E-state index contributed by atoms with van der Waals surface area (Å²) in [4.78, 5) is 11.5. The number of hydrogen-bond acceptors (Lipinski definition) is 2. The van der Waals surface area contributed by atoms with Crippen molar-refractivity contribution < 1.29 is 18.7 Å². The Labute approximate surface area is 117 Å². The molecule has 6 heteroatoms. The van der Waals surface area contributed by atoms with E-state index in [0.717, 1.165) is 6.07 Å². The van der Waals surface area contributed by atoms with E-state index in [2.05, 4.69) is 10.6 Å². The summed E-state index contributed by atoms with van der Waals surface area (Å²) in [5, 5.41) is 14.2. The van der Waals surface area contributed by atoms with Gasteiger partial charge in [0.25, 0.3) is 0 Å². The number of nitrogens with one attached hydrogen (secondary N) is 2. The fourth-order valence-corrected chi connectivity index (χ4v) is 1.63.